The minimum absolute atomic E-state index is 0.102. The molecule has 0 bridgehead atoms. The van der Waals surface area contributed by atoms with Crippen LogP contribution >= 0.6 is 11.3 Å². The predicted molar refractivity (Wildman–Crippen MR) is 91.5 cm³/mol. The maximum Gasteiger partial charge on any atom is 0.230 e. The van der Waals surface area contributed by atoms with Crippen LogP contribution in [0.25, 0.3) is 10.2 Å². The number of carbonyl (C=O) groups is 1. The van der Waals surface area contributed by atoms with Crippen molar-refractivity contribution in [2.45, 2.75) is 11.3 Å². The van der Waals surface area contributed by atoms with Gasteiger partial charge in [0.1, 0.15) is 5.82 Å². The lowest BCUT2D eigenvalue weighted by Crippen LogP contribution is -2.14. The number of sulfone groups is 1. The summed E-state index contributed by atoms with van der Waals surface area (Å²) >= 11 is 1.20. The highest BCUT2D eigenvalue weighted by Crippen LogP contribution is 2.28. The van der Waals surface area contributed by atoms with Crippen LogP contribution in [0.5, 0.6) is 0 Å². The fourth-order valence-electron chi connectivity index (χ4n) is 2.14. The van der Waals surface area contributed by atoms with E-state index in [1.807, 2.05) is 0 Å². The lowest BCUT2D eigenvalue weighted by Gasteiger charge is -2.01. The van der Waals surface area contributed by atoms with Gasteiger partial charge in [-0.2, -0.15) is 0 Å². The fraction of sp³-hybridized carbons (Fsp3) is 0.125. The van der Waals surface area contributed by atoms with E-state index >= 15 is 0 Å². The number of anilines is 1. The summed E-state index contributed by atoms with van der Waals surface area (Å²) in [5.41, 5.74) is 1.30. The van der Waals surface area contributed by atoms with Crippen molar-refractivity contribution in [3.8, 4) is 0 Å². The van der Waals surface area contributed by atoms with Gasteiger partial charge in [0, 0.05) is 6.26 Å². The summed E-state index contributed by atoms with van der Waals surface area (Å²) in [6, 6.07) is 10.3. The summed E-state index contributed by atoms with van der Waals surface area (Å²) in [5, 5.41) is 3.07. The number of hydrogen-bond acceptors (Lipinski definition) is 5. The first-order chi connectivity index (χ1) is 11.3. The number of hydrogen-bond donors (Lipinski definition) is 1. The molecule has 0 aliphatic rings. The number of aromatic nitrogens is 1. The molecule has 1 amide bonds. The molecule has 1 N–H and O–H groups in total. The first kappa shape index (κ1) is 16.5. The van der Waals surface area contributed by atoms with Crippen molar-refractivity contribution in [2.24, 2.45) is 0 Å². The average Bonchev–Trinajstić information content (AvgIpc) is 2.89. The van der Waals surface area contributed by atoms with Crippen LogP contribution in [-0.2, 0) is 21.1 Å². The third-order valence-electron chi connectivity index (χ3n) is 3.31. The SMILES string of the molecule is CS(=O)(=O)c1ccc2nc(NC(=O)Cc3ccc(F)cc3)sc2c1. The van der Waals surface area contributed by atoms with Gasteiger partial charge in [0.15, 0.2) is 15.0 Å². The van der Waals surface area contributed by atoms with Crippen molar-refractivity contribution < 1.29 is 17.6 Å². The second-order valence-corrected chi connectivity index (χ2v) is 8.32. The van der Waals surface area contributed by atoms with Gasteiger partial charge in [-0.1, -0.05) is 23.5 Å². The molecule has 0 saturated heterocycles. The van der Waals surface area contributed by atoms with Crippen molar-refractivity contribution in [3.05, 3.63) is 53.8 Å². The Kier molecular flexibility index (Phi) is 4.33. The largest absolute Gasteiger partial charge is 0.302 e. The van der Waals surface area contributed by atoms with Gasteiger partial charge in [0.25, 0.3) is 0 Å². The minimum Gasteiger partial charge on any atom is -0.302 e. The molecule has 0 atom stereocenters. The molecule has 0 saturated carbocycles. The zero-order chi connectivity index (χ0) is 17.3. The summed E-state index contributed by atoms with van der Waals surface area (Å²) in [6.07, 6.45) is 1.24. The van der Waals surface area contributed by atoms with Crippen LogP contribution in [0.1, 0.15) is 5.56 Å². The Labute approximate surface area is 142 Å². The second-order valence-electron chi connectivity index (χ2n) is 5.27. The molecule has 0 aliphatic heterocycles. The summed E-state index contributed by atoms with van der Waals surface area (Å²) in [6.45, 7) is 0. The lowest BCUT2D eigenvalue weighted by atomic mass is 10.1. The molecule has 0 fully saturated rings. The first-order valence-electron chi connectivity index (χ1n) is 6.96. The summed E-state index contributed by atoms with van der Waals surface area (Å²) in [7, 11) is -3.29. The number of thiazole rings is 1. The van der Waals surface area contributed by atoms with Gasteiger partial charge in [-0.25, -0.2) is 17.8 Å². The van der Waals surface area contributed by atoms with E-state index in [2.05, 4.69) is 10.3 Å². The van der Waals surface area contributed by atoms with Gasteiger partial charge in [-0.05, 0) is 35.9 Å². The number of amides is 1. The zero-order valence-electron chi connectivity index (χ0n) is 12.6. The average molecular weight is 364 g/mol. The van der Waals surface area contributed by atoms with Crippen molar-refractivity contribution in [2.75, 3.05) is 11.6 Å². The number of halogens is 1. The van der Waals surface area contributed by atoms with Crippen molar-refractivity contribution >= 4 is 42.4 Å². The highest BCUT2D eigenvalue weighted by Gasteiger charge is 2.12. The van der Waals surface area contributed by atoms with Gasteiger partial charge in [-0.3, -0.25) is 4.79 Å². The number of fused-ring (bicyclic) bond motifs is 1. The summed E-state index contributed by atoms with van der Waals surface area (Å²) in [5.74, 6) is -0.629. The predicted octanol–water partition coefficient (Wildman–Crippen LogP) is 3.02. The van der Waals surface area contributed by atoms with E-state index in [4.69, 9.17) is 0 Å². The standard InChI is InChI=1S/C16H13FN2O3S2/c1-24(21,22)12-6-7-13-14(9-12)23-16(18-13)19-15(20)8-10-2-4-11(17)5-3-10/h2-7,9H,8H2,1H3,(H,18,19,20). The molecule has 24 heavy (non-hydrogen) atoms. The van der Waals surface area contributed by atoms with Crippen molar-refractivity contribution in [1.82, 2.24) is 4.98 Å². The van der Waals surface area contributed by atoms with E-state index in [1.54, 1.807) is 18.2 Å². The van der Waals surface area contributed by atoms with E-state index in [9.17, 15) is 17.6 Å². The Morgan fingerprint density at radius 1 is 1.21 bits per heavy atom. The molecule has 2 aromatic carbocycles. The quantitative estimate of drug-likeness (QED) is 0.772. The Balaban J connectivity index is 1.77. The third kappa shape index (κ3) is 3.77. The van der Waals surface area contributed by atoms with Crippen molar-refractivity contribution in [1.29, 1.82) is 0 Å². The number of carbonyl (C=O) groups excluding carboxylic acids is 1. The molecule has 0 aliphatic carbocycles. The molecule has 1 aromatic heterocycles. The Hall–Kier alpha value is -2.32. The van der Waals surface area contributed by atoms with Crippen LogP contribution in [0.2, 0.25) is 0 Å². The molecular weight excluding hydrogens is 351 g/mol. The molecule has 0 unspecified atom stereocenters. The van der Waals surface area contributed by atoms with Gasteiger partial charge in [0.05, 0.1) is 21.5 Å². The molecule has 0 radical (unpaired) electrons. The van der Waals surface area contributed by atoms with E-state index in [-0.39, 0.29) is 23.0 Å². The van der Waals surface area contributed by atoms with Crippen LogP contribution in [0.3, 0.4) is 0 Å². The maximum atomic E-state index is 12.9. The van der Waals surface area contributed by atoms with E-state index in [0.717, 1.165) is 6.26 Å². The van der Waals surface area contributed by atoms with E-state index < -0.39 is 9.84 Å². The maximum absolute atomic E-state index is 12.9. The zero-order valence-corrected chi connectivity index (χ0v) is 14.2. The van der Waals surface area contributed by atoms with Gasteiger partial charge in [0.2, 0.25) is 5.91 Å². The number of rotatable bonds is 4. The van der Waals surface area contributed by atoms with Crippen LogP contribution in [0, 0.1) is 5.82 Å². The molecule has 1 heterocycles. The fourth-order valence-corrected chi connectivity index (χ4v) is 3.78. The number of nitrogens with one attached hydrogen (secondary N) is 1. The first-order valence-corrected chi connectivity index (χ1v) is 9.67. The summed E-state index contributed by atoms with van der Waals surface area (Å²) in [4.78, 5) is 16.5. The van der Waals surface area contributed by atoms with Gasteiger partial charge >= 0.3 is 0 Å². The van der Waals surface area contributed by atoms with E-state index in [0.29, 0.717) is 20.9 Å². The van der Waals surface area contributed by atoms with Gasteiger partial charge in [-0.15, -0.1) is 0 Å². The van der Waals surface area contributed by atoms with Crippen LogP contribution in [0.4, 0.5) is 9.52 Å². The van der Waals surface area contributed by atoms with E-state index in [1.165, 1.54) is 35.6 Å². The molecule has 124 valence electrons. The second kappa shape index (κ2) is 6.29. The van der Waals surface area contributed by atoms with Gasteiger partial charge < -0.3 is 5.32 Å². The highest BCUT2D eigenvalue weighted by molar-refractivity contribution is 7.90. The Morgan fingerprint density at radius 3 is 2.58 bits per heavy atom. The minimum atomic E-state index is -3.29. The molecular formula is C16H13FN2O3S2. The number of nitrogens with zero attached hydrogens (tertiary/aromatic N) is 1. The third-order valence-corrected chi connectivity index (χ3v) is 5.36. The molecule has 3 aromatic rings. The Morgan fingerprint density at radius 2 is 1.92 bits per heavy atom. The lowest BCUT2D eigenvalue weighted by molar-refractivity contribution is -0.115. The number of benzene rings is 2. The monoisotopic (exact) mass is 364 g/mol. The highest BCUT2D eigenvalue weighted by atomic mass is 32.2. The molecule has 3 rings (SSSR count). The Bertz CT molecular complexity index is 1010. The van der Waals surface area contributed by atoms with Crippen LogP contribution in [0.15, 0.2) is 47.4 Å². The van der Waals surface area contributed by atoms with Crippen LogP contribution < -0.4 is 5.32 Å². The smallest absolute Gasteiger partial charge is 0.230 e. The normalized spacial score (nSPS) is 11.6. The van der Waals surface area contributed by atoms with Crippen LogP contribution in [-0.4, -0.2) is 25.6 Å². The molecule has 0 spiro atoms. The molecule has 5 nitrogen and oxygen atoms in total. The molecule has 8 heteroatoms. The van der Waals surface area contributed by atoms with Crippen molar-refractivity contribution in [3.63, 3.8) is 0 Å². The topological polar surface area (TPSA) is 76.1 Å². The summed E-state index contributed by atoms with van der Waals surface area (Å²) < 4.78 is 36.7.